The lowest BCUT2D eigenvalue weighted by molar-refractivity contribution is 0.120. The first-order valence-corrected chi connectivity index (χ1v) is 9.95. The van der Waals surface area contributed by atoms with E-state index >= 15 is 0 Å². The molecule has 1 N–H and O–H groups in total. The van der Waals surface area contributed by atoms with E-state index in [1.807, 2.05) is 19.2 Å². The van der Waals surface area contributed by atoms with E-state index in [1.165, 1.54) is 18.4 Å². The number of methoxy groups -OCH3 is 1. The summed E-state index contributed by atoms with van der Waals surface area (Å²) in [5.74, 6) is 2.55. The largest absolute Gasteiger partial charge is 0.492 e. The number of halogens is 1. The van der Waals surface area contributed by atoms with Crippen molar-refractivity contribution in [3.05, 3.63) is 29.8 Å². The third-order valence-corrected chi connectivity index (χ3v) is 5.16. The summed E-state index contributed by atoms with van der Waals surface area (Å²) in [5.41, 5.74) is 1.24. The Morgan fingerprint density at radius 3 is 2.50 bits per heavy atom. The van der Waals surface area contributed by atoms with Crippen molar-refractivity contribution in [1.29, 1.82) is 0 Å². The smallest absolute Gasteiger partial charge is 0.193 e. The highest BCUT2D eigenvalue weighted by molar-refractivity contribution is 14.0. The number of hydrogen-bond donors (Lipinski definition) is 1. The van der Waals surface area contributed by atoms with Gasteiger partial charge < -0.3 is 24.6 Å². The van der Waals surface area contributed by atoms with Crippen LogP contribution < -0.4 is 10.1 Å². The molecule has 0 saturated carbocycles. The number of piperidine rings is 1. The summed E-state index contributed by atoms with van der Waals surface area (Å²) >= 11 is 0. The zero-order valence-electron chi connectivity index (χ0n) is 17.8. The molecule has 1 saturated heterocycles. The van der Waals surface area contributed by atoms with Crippen LogP contribution in [0.25, 0.3) is 0 Å². The maximum absolute atomic E-state index is 5.82. The molecule has 0 atom stereocenters. The molecule has 1 fully saturated rings. The molecule has 1 aromatic carbocycles. The fourth-order valence-corrected chi connectivity index (χ4v) is 3.30. The van der Waals surface area contributed by atoms with Crippen LogP contribution >= 0.6 is 24.0 Å². The Morgan fingerprint density at radius 2 is 1.89 bits per heavy atom. The number of likely N-dealkylation sites (N-methyl/N-ethyl adjacent to an activating group) is 1. The number of nitrogens with zero attached hydrogens (tertiary/aromatic N) is 3. The van der Waals surface area contributed by atoms with Crippen LogP contribution in [0.4, 0.5) is 0 Å². The van der Waals surface area contributed by atoms with E-state index in [4.69, 9.17) is 9.47 Å². The third kappa shape index (κ3) is 8.96. The number of rotatable bonds is 9. The molecule has 0 aromatic heterocycles. The van der Waals surface area contributed by atoms with Gasteiger partial charge in [-0.05, 0) is 50.9 Å². The second-order valence-corrected chi connectivity index (χ2v) is 7.29. The third-order valence-electron chi connectivity index (χ3n) is 5.16. The number of aliphatic imine (C=N–C) groups is 1. The van der Waals surface area contributed by atoms with Crippen molar-refractivity contribution in [3.8, 4) is 5.75 Å². The van der Waals surface area contributed by atoms with Gasteiger partial charge in [-0.15, -0.1) is 24.0 Å². The molecular formula is C21H37IN4O2. The van der Waals surface area contributed by atoms with E-state index in [0.717, 1.165) is 51.0 Å². The zero-order chi connectivity index (χ0) is 19.5. The van der Waals surface area contributed by atoms with Gasteiger partial charge in [-0.1, -0.05) is 17.7 Å². The first kappa shape index (κ1) is 25.0. The van der Waals surface area contributed by atoms with Crippen LogP contribution in [0.2, 0.25) is 0 Å². The van der Waals surface area contributed by atoms with Crippen molar-refractivity contribution in [1.82, 2.24) is 15.1 Å². The zero-order valence-corrected chi connectivity index (χ0v) is 20.1. The summed E-state index contributed by atoms with van der Waals surface area (Å²) in [7, 11) is 5.67. The van der Waals surface area contributed by atoms with Crippen LogP contribution in [-0.4, -0.2) is 82.9 Å². The maximum Gasteiger partial charge on any atom is 0.193 e. The van der Waals surface area contributed by atoms with Crippen molar-refractivity contribution in [2.24, 2.45) is 10.9 Å². The standard InChI is InChI=1S/C21H36N4O2.HI/c1-18-5-7-20(8-6-18)27-16-13-24(3)21(22-2)23-17-19-9-11-25(12-10-19)14-15-26-4;/h5-8,19H,9-17H2,1-4H3,(H,22,23);1H. The Balaban J connectivity index is 0.00000392. The number of likely N-dealkylation sites (tertiary alicyclic amines) is 1. The van der Waals surface area contributed by atoms with E-state index < -0.39 is 0 Å². The molecule has 0 spiro atoms. The summed E-state index contributed by atoms with van der Waals surface area (Å²) in [5, 5.41) is 3.53. The van der Waals surface area contributed by atoms with Gasteiger partial charge in [-0.25, -0.2) is 0 Å². The van der Waals surface area contributed by atoms with E-state index in [0.29, 0.717) is 12.5 Å². The summed E-state index contributed by atoms with van der Waals surface area (Å²) in [4.78, 5) is 9.03. The normalized spacial score (nSPS) is 15.8. The molecule has 1 aliphatic heterocycles. The fraction of sp³-hybridized carbons (Fsp3) is 0.667. The fourth-order valence-electron chi connectivity index (χ4n) is 3.30. The van der Waals surface area contributed by atoms with Gasteiger partial charge in [0.15, 0.2) is 5.96 Å². The molecule has 0 radical (unpaired) electrons. The monoisotopic (exact) mass is 504 g/mol. The predicted molar refractivity (Wildman–Crippen MR) is 127 cm³/mol. The number of ether oxygens (including phenoxy) is 2. The highest BCUT2D eigenvalue weighted by Crippen LogP contribution is 2.16. The summed E-state index contributed by atoms with van der Waals surface area (Å²) in [6.45, 7) is 8.68. The van der Waals surface area contributed by atoms with Gasteiger partial charge in [0.25, 0.3) is 0 Å². The van der Waals surface area contributed by atoms with E-state index in [2.05, 4.69) is 46.2 Å². The minimum Gasteiger partial charge on any atom is -0.492 e. The average Bonchev–Trinajstić information content (AvgIpc) is 2.69. The number of nitrogens with one attached hydrogen (secondary N) is 1. The van der Waals surface area contributed by atoms with Crippen LogP contribution in [0.1, 0.15) is 18.4 Å². The van der Waals surface area contributed by atoms with Crippen molar-refractivity contribution in [2.45, 2.75) is 19.8 Å². The van der Waals surface area contributed by atoms with Gasteiger partial charge in [0.1, 0.15) is 12.4 Å². The van der Waals surface area contributed by atoms with Crippen LogP contribution in [0, 0.1) is 12.8 Å². The Kier molecular flexibility index (Phi) is 12.5. The topological polar surface area (TPSA) is 49.3 Å². The minimum atomic E-state index is 0. The molecule has 2 rings (SSSR count). The minimum absolute atomic E-state index is 0. The lowest BCUT2D eigenvalue weighted by Crippen LogP contribution is -2.44. The molecule has 28 heavy (non-hydrogen) atoms. The number of aryl methyl sites for hydroxylation is 1. The lowest BCUT2D eigenvalue weighted by atomic mass is 9.97. The summed E-state index contributed by atoms with van der Waals surface area (Å²) in [6, 6.07) is 8.17. The summed E-state index contributed by atoms with van der Waals surface area (Å²) < 4.78 is 11.0. The van der Waals surface area contributed by atoms with E-state index in [-0.39, 0.29) is 24.0 Å². The molecule has 0 bridgehead atoms. The SMILES string of the molecule is CN=C(NCC1CCN(CCOC)CC1)N(C)CCOc1ccc(C)cc1.I. The average molecular weight is 504 g/mol. The molecular weight excluding hydrogens is 467 g/mol. The molecule has 1 aliphatic rings. The highest BCUT2D eigenvalue weighted by Gasteiger charge is 2.19. The Morgan fingerprint density at radius 1 is 1.21 bits per heavy atom. The Hall–Kier alpha value is -1.06. The van der Waals surface area contributed by atoms with Crippen LogP contribution in [0.15, 0.2) is 29.3 Å². The highest BCUT2D eigenvalue weighted by atomic mass is 127. The van der Waals surface area contributed by atoms with Gasteiger partial charge >= 0.3 is 0 Å². The van der Waals surface area contributed by atoms with E-state index in [1.54, 1.807) is 7.11 Å². The number of benzene rings is 1. The lowest BCUT2D eigenvalue weighted by Gasteiger charge is -2.32. The number of guanidine groups is 1. The van der Waals surface area contributed by atoms with Crippen LogP contribution in [0.3, 0.4) is 0 Å². The molecule has 0 unspecified atom stereocenters. The van der Waals surface area contributed by atoms with Crippen molar-refractivity contribution in [3.63, 3.8) is 0 Å². The quantitative estimate of drug-likeness (QED) is 0.319. The van der Waals surface area contributed by atoms with Crippen molar-refractivity contribution in [2.75, 3.05) is 67.1 Å². The van der Waals surface area contributed by atoms with Crippen LogP contribution in [0.5, 0.6) is 5.75 Å². The van der Waals surface area contributed by atoms with Gasteiger partial charge in [0, 0.05) is 34.3 Å². The Bertz CT molecular complexity index is 560. The maximum atomic E-state index is 5.82. The van der Waals surface area contributed by atoms with Crippen molar-refractivity contribution >= 4 is 29.9 Å². The van der Waals surface area contributed by atoms with Gasteiger partial charge in [-0.2, -0.15) is 0 Å². The molecule has 160 valence electrons. The molecule has 1 heterocycles. The van der Waals surface area contributed by atoms with Gasteiger partial charge in [0.2, 0.25) is 0 Å². The van der Waals surface area contributed by atoms with Gasteiger partial charge in [-0.3, -0.25) is 4.99 Å². The number of hydrogen-bond acceptors (Lipinski definition) is 4. The second kappa shape index (κ2) is 14.0. The van der Waals surface area contributed by atoms with Crippen LogP contribution in [-0.2, 0) is 4.74 Å². The Labute approximate surface area is 187 Å². The molecule has 0 amide bonds. The molecule has 7 heteroatoms. The van der Waals surface area contributed by atoms with Crippen molar-refractivity contribution < 1.29 is 9.47 Å². The molecule has 6 nitrogen and oxygen atoms in total. The summed E-state index contributed by atoms with van der Waals surface area (Å²) in [6.07, 6.45) is 2.46. The van der Waals surface area contributed by atoms with E-state index in [9.17, 15) is 0 Å². The second-order valence-electron chi connectivity index (χ2n) is 7.29. The predicted octanol–water partition coefficient (Wildman–Crippen LogP) is 2.86. The first-order chi connectivity index (χ1) is 13.1. The van der Waals surface area contributed by atoms with Gasteiger partial charge in [0.05, 0.1) is 13.2 Å². The molecule has 0 aliphatic carbocycles. The molecule has 1 aromatic rings. The first-order valence-electron chi connectivity index (χ1n) is 9.95.